The van der Waals surface area contributed by atoms with Crippen LogP contribution in [-0.2, 0) is 18.4 Å². The number of rotatable bonds is 61. The van der Waals surface area contributed by atoms with Crippen molar-refractivity contribution in [3.8, 4) is 0 Å². The summed E-state index contributed by atoms with van der Waals surface area (Å²) in [6.45, 7) is 4.69. The number of nitrogens with one attached hydrogen (secondary N) is 1. The second-order valence-electron chi connectivity index (χ2n) is 23.8. The zero-order valence-corrected chi connectivity index (χ0v) is 54.4. The number of allylic oxidation sites excluding steroid dienone is 17. The first-order chi connectivity index (χ1) is 39.5. The van der Waals surface area contributed by atoms with Crippen LogP contribution in [0.25, 0.3) is 0 Å². The molecular weight excluding hydrogens is 1020 g/mol. The van der Waals surface area contributed by atoms with Crippen LogP contribution in [0.3, 0.4) is 0 Å². The number of carbonyl (C=O) groups is 1. The number of nitrogens with zero attached hydrogens (tertiary/aromatic N) is 1. The Hall–Kier alpha value is -2.84. The Labute approximate surface area is 501 Å². The van der Waals surface area contributed by atoms with Gasteiger partial charge in [-0.2, -0.15) is 0 Å². The van der Waals surface area contributed by atoms with Crippen molar-refractivity contribution in [2.45, 2.75) is 302 Å². The zero-order valence-electron chi connectivity index (χ0n) is 53.5. The number of carbonyl (C=O) groups excluding carboxylic acids is 1. The van der Waals surface area contributed by atoms with Gasteiger partial charge in [0, 0.05) is 6.42 Å². The van der Waals surface area contributed by atoms with Crippen LogP contribution in [0.1, 0.15) is 290 Å². The number of likely N-dealkylation sites (N-methyl/N-ethyl adjacent to an activating group) is 1. The summed E-state index contributed by atoms with van der Waals surface area (Å²) in [4.78, 5) is 23.4. The minimum atomic E-state index is -4.37. The maximum atomic E-state index is 13.0. The van der Waals surface area contributed by atoms with E-state index < -0.39 is 20.0 Å². The molecule has 3 unspecified atom stereocenters. The molecule has 0 spiro atoms. The minimum absolute atomic E-state index is 0.0483. The highest BCUT2D eigenvalue weighted by molar-refractivity contribution is 7.47. The smallest absolute Gasteiger partial charge is 0.387 e. The predicted molar refractivity (Wildman–Crippen MR) is 355 cm³/mol. The molecule has 9 heteroatoms. The van der Waals surface area contributed by atoms with Crippen molar-refractivity contribution in [3.05, 3.63) is 109 Å². The molecular formula is C72H130N2O6P+. The van der Waals surface area contributed by atoms with Crippen molar-refractivity contribution in [1.82, 2.24) is 5.32 Å². The van der Waals surface area contributed by atoms with E-state index in [2.05, 4.69) is 116 Å². The fourth-order valence-corrected chi connectivity index (χ4v) is 10.2. The first kappa shape index (κ1) is 78.2. The lowest BCUT2D eigenvalue weighted by Gasteiger charge is -2.25. The van der Waals surface area contributed by atoms with Gasteiger partial charge in [-0.15, -0.1) is 0 Å². The fraction of sp³-hybridized carbons (Fsp3) is 0.736. The van der Waals surface area contributed by atoms with Gasteiger partial charge in [0.05, 0.1) is 39.9 Å². The van der Waals surface area contributed by atoms with E-state index in [1.807, 2.05) is 27.2 Å². The van der Waals surface area contributed by atoms with Crippen molar-refractivity contribution in [1.29, 1.82) is 0 Å². The molecule has 1 amide bonds. The molecule has 0 aliphatic carbocycles. The number of phosphoric ester groups is 1. The van der Waals surface area contributed by atoms with E-state index in [1.165, 1.54) is 173 Å². The second-order valence-corrected chi connectivity index (χ2v) is 25.3. The largest absolute Gasteiger partial charge is 0.472 e. The van der Waals surface area contributed by atoms with Crippen molar-refractivity contribution >= 4 is 13.7 Å². The molecule has 0 aliphatic heterocycles. The van der Waals surface area contributed by atoms with E-state index in [0.29, 0.717) is 17.4 Å². The summed E-state index contributed by atoms with van der Waals surface area (Å²) < 4.78 is 23.8. The van der Waals surface area contributed by atoms with Crippen molar-refractivity contribution in [3.63, 3.8) is 0 Å². The van der Waals surface area contributed by atoms with Gasteiger partial charge >= 0.3 is 7.82 Å². The first-order valence-corrected chi connectivity index (χ1v) is 35.3. The van der Waals surface area contributed by atoms with Gasteiger partial charge in [0.2, 0.25) is 5.91 Å². The minimum Gasteiger partial charge on any atom is -0.387 e. The number of aliphatic hydroxyl groups is 1. The molecule has 0 aromatic heterocycles. The van der Waals surface area contributed by atoms with Crippen LogP contribution in [0.5, 0.6) is 0 Å². The Balaban J connectivity index is 4.20. The summed E-state index contributed by atoms with van der Waals surface area (Å²) in [5.74, 6) is -0.200. The van der Waals surface area contributed by atoms with Crippen LogP contribution in [0, 0.1) is 0 Å². The molecule has 8 nitrogen and oxygen atoms in total. The number of hydrogen-bond acceptors (Lipinski definition) is 5. The van der Waals surface area contributed by atoms with Crippen LogP contribution in [0.4, 0.5) is 0 Å². The number of hydrogen-bond donors (Lipinski definition) is 3. The molecule has 0 fully saturated rings. The number of aliphatic hydroxyl groups excluding tert-OH is 1. The van der Waals surface area contributed by atoms with Gasteiger partial charge in [-0.1, -0.05) is 303 Å². The van der Waals surface area contributed by atoms with Gasteiger partial charge in [0.1, 0.15) is 13.2 Å². The van der Waals surface area contributed by atoms with E-state index in [9.17, 15) is 19.4 Å². The lowest BCUT2D eigenvalue weighted by Crippen LogP contribution is -2.45. The maximum absolute atomic E-state index is 13.0. The highest BCUT2D eigenvalue weighted by Gasteiger charge is 2.28. The Morgan fingerprint density at radius 3 is 1.14 bits per heavy atom. The van der Waals surface area contributed by atoms with Gasteiger partial charge in [0.25, 0.3) is 0 Å². The van der Waals surface area contributed by atoms with E-state index in [1.54, 1.807) is 6.08 Å². The molecule has 468 valence electrons. The van der Waals surface area contributed by atoms with E-state index in [0.717, 1.165) is 96.3 Å². The van der Waals surface area contributed by atoms with Crippen molar-refractivity contribution < 1.29 is 32.9 Å². The lowest BCUT2D eigenvalue weighted by atomic mass is 10.0. The van der Waals surface area contributed by atoms with Crippen molar-refractivity contribution in [2.24, 2.45) is 0 Å². The number of unbranched alkanes of at least 4 members (excludes halogenated alkanes) is 32. The third-order valence-electron chi connectivity index (χ3n) is 14.7. The van der Waals surface area contributed by atoms with Gasteiger partial charge in [0.15, 0.2) is 0 Å². The van der Waals surface area contributed by atoms with Gasteiger partial charge < -0.3 is 19.8 Å². The SMILES string of the molecule is CC/C=C\C/C=C\C/C=C\C/C=C\C/C=C\C/C=C\C/C=C\CCCCCCCCCC(=O)NC(COP(=O)(O)OCC[N+](C)(C)C)C(O)/C=C/CC/C=C/CCCCCCCCCCCCCCCCCCCCCCCCCC. The molecule has 81 heavy (non-hydrogen) atoms. The van der Waals surface area contributed by atoms with E-state index in [4.69, 9.17) is 9.05 Å². The third kappa shape index (κ3) is 64.6. The first-order valence-electron chi connectivity index (χ1n) is 33.8. The molecule has 0 aromatic carbocycles. The molecule has 0 aliphatic rings. The Morgan fingerprint density at radius 2 is 0.753 bits per heavy atom. The molecule has 0 rings (SSSR count). The Bertz CT molecular complexity index is 1690. The maximum Gasteiger partial charge on any atom is 0.472 e. The average Bonchev–Trinajstić information content (AvgIpc) is 3.43. The van der Waals surface area contributed by atoms with Crippen LogP contribution in [0.15, 0.2) is 109 Å². The quantitative estimate of drug-likeness (QED) is 0.0243. The number of phosphoric acid groups is 1. The number of amides is 1. The summed E-state index contributed by atoms with van der Waals surface area (Å²) >= 11 is 0. The summed E-state index contributed by atoms with van der Waals surface area (Å²) in [6, 6.07) is -0.880. The predicted octanol–water partition coefficient (Wildman–Crippen LogP) is 21.5. The molecule has 0 radical (unpaired) electrons. The summed E-state index contributed by atoms with van der Waals surface area (Å²) in [5.41, 5.74) is 0. The van der Waals surface area contributed by atoms with E-state index in [-0.39, 0.29) is 19.1 Å². The topological polar surface area (TPSA) is 105 Å². The normalized spacial score (nSPS) is 14.4. The summed E-state index contributed by atoms with van der Waals surface area (Å²) in [7, 11) is 1.54. The van der Waals surface area contributed by atoms with E-state index >= 15 is 0 Å². The fourth-order valence-electron chi connectivity index (χ4n) is 9.51. The standard InChI is InChI=1S/C72H129N2O6P/c1-6-8-10-12-14-16-18-20-22-24-26-28-30-32-34-36-38-39-41-43-45-47-49-51-53-55-57-59-61-63-65-71(75)70(69-80-81(77,78)79-68-67-74(3,4)5)73-72(76)66-64-62-60-58-56-54-52-50-48-46-44-42-40-37-35-33-31-29-27-25-23-21-19-17-15-13-11-9-7-2/h9,11,15,17,21,23,27,29,33,35,40,42,46,48,55,57,63,65,70-71,75H,6-8,10,12-14,16,18-20,22,24-26,28,30-32,34,36-39,41,43-45,47,49-54,56,58-62,64,66-69H2,1-5H3,(H-,73,76,77,78)/p+1/b11-9-,17-15-,23-21-,29-27-,35-33-,42-40-,48-46-,57-55+,65-63+. The molecule has 0 saturated carbocycles. The Morgan fingerprint density at radius 1 is 0.432 bits per heavy atom. The van der Waals surface area contributed by atoms with Crippen molar-refractivity contribution in [2.75, 3.05) is 40.9 Å². The van der Waals surface area contributed by atoms with Crippen LogP contribution in [0.2, 0.25) is 0 Å². The van der Waals surface area contributed by atoms with Gasteiger partial charge in [-0.25, -0.2) is 4.57 Å². The summed E-state index contributed by atoms with van der Waals surface area (Å²) in [6.07, 6.45) is 90.9. The second kappa shape index (κ2) is 61.7. The summed E-state index contributed by atoms with van der Waals surface area (Å²) in [5, 5.41) is 14.0. The highest BCUT2D eigenvalue weighted by Crippen LogP contribution is 2.43. The lowest BCUT2D eigenvalue weighted by molar-refractivity contribution is -0.870. The monoisotopic (exact) mass is 1150 g/mol. The zero-order chi connectivity index (χ0) is 59.1. The van der Waals surface area contributed by atoms with Gasteiger partial charge in [-0.3, -0.25) is 13.8 Å². The molecule has 0 aromatic rings. The molecule has 0 heterocycles. The highest BCUT2D eigenvalue weighted by atomic mass is 31.2. The molecule has 0 saturated heterocycles. The number of quaternary nitrogens is 1. The molecule has 3 N–H and O–H groups in total. The van der Waals surface area contributed by atoms with Crippen LogP contribution in [-0.4, -0.2) is 73.4 Å². The molecule has 0 bridgehead atoms. The third-order valence-corrected chi connectivity index (χ3v) is 15.7. The average molecular weight is 1150 g/mol. The van der Waals surface area contributed by atoms with Gasteiger partial charge in [-0.05, 0) is 89.9 Å². The molecule has 3 atom stereocenters. The van der Waals surface area contributed by atoms with Crippen LogP contribution < -0.4 is 5.32 Å². The van der Waals surface area contributed by atoms with Crippen LogP contribution >= 0.6 is 7.82 Å². The Kier molecular flexibility index (Phi) is 59.5.